The van der Waals surface area contributed by atoms with E-state index in [1.165, 1.54) is 0 Å². The van der Waals surface area contributed by atoms with Crippen LogP contribution in [0.15, 0.2) is 66.9 Å². The molecule has 3 N–H and O–H groups in total. The summed E-state index contributed by atoms with van der Waals surface area (Å²) < 4.78 is 16.7. The van der Waals surface area contributed by atoms with Gasteiger partial charge in [-0.05, 0) is 52.3 Å². The Balaban J connectivity index is 1.23. The average Bonchev–Trinajstić information content (AvgIpc) is 3.43. The maximum Gasteiger partial charge on any atom is 0.323 e. The predicted molar refractivity (Wildman–Crippen MR) is 157 cm³/mol. The van der Waals surface area contributed by atoms with Gasteiger partial charge in [0.25, 0.3) is 0 Å². The van der Waals surface area contributed by atoms with Crippen LogP contribution >= 0.6 is 0 Å². The number of hydrazine groups is 1. The molecule has 6 rings (SSSR count). The Morgan fingerprint density at radius 3 is 2.42 bits per heavy atom. The molecule has 40 heavy (non-hydrogen) atoms. The number of hydrogen-bond donors (Lipinski definition) is 3. The Morgan fingerprint density at radius 2 is 1.68 bits per heavy atom. The molecule has 0 bridgehead atoms. The van der Waals surface area contributed by atoms with Crippen molar-refractivity contribution >= 4 is 34.0 Å². The zero-order valence-electron chi connectivity index (χ0n) is 22.9. The van der Waals surface area contributed by atoms with Gasteiger partial charge in [-0.1, -0.05) is 51.1 Å². The molecule has 0 atom stereocenters. The number of nitrogens with one attached hydrogen (secondary N) is 3. The van der Waals surface area contributed by atoms with E-state index in [2.05, 4.69) is 59.0 Å². The monoisotopic (exact) mass is 539 g/mol. The minimum atomic E-state index is -0.359. The number of carbonyl (C=O) groups excluding carboxylic acids is 1. The molecule has 0 spiro atoms. The number of fused-ring (bicyclic) bond motifs is 2. The van der Waals surface area contributed by atoms with Gasteiger partial charge >= 0.3 is 6.03 Å². The third kappa shape index (κ3) is 5.38. The van der Waals surface area contributed by atoms with Crippen LogP contribution < -0.4 is 25.5 Å². The first-order chi connectivity index (χ1) is 19.3. The summed E-state index contributed by atoms with van der Waals surface area (Å²) in [6.45, 7) is 9.54. The second kappa shape index (κ2) is 10.7. The van der Waals surface area contributed by atoms with Crippen molar-refractivity contribution in [2.24, 2.45) is 0 Å². The number of morpholine rings is 1. The van der Waals surface area contributed by atoms with Crippen LogP contribution in [-0.4, -0.2) is 49.1 Å². The molecular formula is C31H33N5O4. The third-order valence-electron chi connectivity index (χ3n) is 7.12. The van der Waals surface area contributed by atoms with E-state index in [1.54, 1.807) is 0 Å². The lowest BCUT2D eigenvalue weighted by Crippen LogP contribution is -2.40. The van der Waals surface area contributed by atoms with Gasteiger partial charge in [0.2, 0.25) is 6.79 Å². The maximum atomic E-state index is 13.2. The normalized spacial score (nSPS) is 15.2. The zero-order valence-corrected chi connectivity index (χ0v) is 22.9. The lowest BCUT2D eigenvalue weighted by atomic mass is 9.86. The fourth-order valence-corrected chi connectivity index (χ4v) is 4.93. The SMILES string of the molecule is CC(C)(C)c1cc(NC(=O)Nc2ccc(-c3ccc(NN4CCOCC4)nc3)c3ccccc23)c2c(c1)OCO2. The summed E-state index contributed by atoms with van der Waals surface area (Å²) in [5.74, 6) is 1.97. The Kier molecular flexibility index (Phi) is 6.91. The van der Waals surface area contributed by atoms with E-state index in [1.807, 2.05) is 54.7 Å². The number of amides is 2. The largest absolute Gasteiger partial charge is 0.453 e. The predicted octanol–water partition coefficient (Wildman–Crippen LogP) is 6.23. The van der Waals surface area contributed by atoms with Crippen LogP contribution in [0.1, 0.15) is 26.3 Å². The van der Waals surface area contributed by atoms with Crippen molar-refractivity contribution in [3.05, 3.63) is 72.4 Å². The standard InChI is InChI=1S/C31H33N5O4/c1-31(2,3)21-16-26(29-27(17-21)39-19-40-29)34-30(37)33-25-10-9-22(23-6-4-5-7-24(23)25)20-8-11-28(32-18-20)35-36-12-14-38-15-13-36/h4-11,16-18H,12-15,19H2,1-3H3,(H,32,35)(H2,33,34,37). The Hall–Kier alpha value is -4.34. The summed E-state index contributed by atoms with van der Waals surface area (Å²) in [5.41, 5.74) is 7.58. The lowest BCUT2D eigenvalue weighted by molar-refractivity contribution is 0.0495. The second-order valence-electron chi connectivity index (χ2n) is 10.9. The summed E-state index contributed by atoms with van der Waals surface area (Å²) in [7, 11) is 0. The number of anilines is 3. The van der Waals surface area contributed by atoms with E-state index >= 15 is 0 Å². The summed E-state index contributed by atoms with van der Waals surface area (Å²) in [4.78, 5) is 17.8. The van der Waals surface area contributed by atoms with Crippen LogP contribution in [0.4, 0.5) is 22.0 Å². The Bertz CT molecular complexity index is 1540. The van der Waals surface area contributed by atoms with Crippen LogP contribution in [0.5, 0.6) is 11.5 Å². The number of pyridine rings is 1. The van der Waals surface area contributed by atoms with Gasteiger partial charge in [0.15, 0.2) is 11.5 Å². The van der Waals surface area contributed by atoms with Crippen molar-refractivity contribution in [1.82, 2.24) is 9.99 Å². The van der Waals surface area contributed by atoms with Crippen LogP contribution in [-0.2, 0) is 10.2 Å². The molecule has 0 aliphatic carbocycles. The van der Waals surface area contributed by atoms with Crippen molar-refractivity contribution < 1.29 is 19.0 Å². The summed E-state index contributed by atoms with van der Waals surface area (Å²) in [6.07, 6.45) is 1.87. The van der Waals surface area contributed by atoms with E-state index in [0.29, 0.717) is 36.1 Å². The number of nitrogens with zero attached hydrogens (tertiary/aromatic N) is 2. The van der Waals surface area contributed by atoms with Crippen LogP contribution in [0, 0.1) is 0 Å². The number of rotatable bonds is 5. The van der Waals surface area contributed by atoms with Crippen molar-refractivity contribution in [3.8, 4) is 22.6 Å². The van der Waals surface area contributed by atoms with Crippen molar-refractivity contribution in [2.75, 3.05) is 49.2 Å². The highest BCUT2D eigenvalue weighted by Gasteiger charge is 2.25. The highest BCUT2D eigenvalue weighted by Crippen LogP contribution is 2.43. The first kappa shape index (κ1) is 25.9. The van der Waals surface area contributed by atoms with Crippen LogP contribution in [0.25, 0.3) is 21.9 Å². The number of ether oxygens (including phenoxy) is 3. The van der Waals surface area contributed by atoms with Gasteiger partial charge in [-0.3, -0.25) is 0 Å². The molecule has 9 nitrogen and oxygen atoms in total. The van der Waals surface area contributed by atoms with Gasteiger partial charge in [-0.25, -0.2) is 14.8 Å². The molecule has 2 aliphatic heterocycles. The van der Waals surface area contributed by atoms with Gasteiger partial charge in [-0.15, -0.1) is 0 Å². The first-order valence-corrected chi connectivity index (χ1v) is 13.4. The van der Waals surface area contributed by atoms with E-state index in [0.717, 1.165) is 46.4 Å². The average molecular weight is 540 g/mol. The second-order valence-corrected chi connectivity index (χ2v) is 10.9. The van der Waals surface area contributed by atoms with Gasteiger partial charge in [0.1, 0.15) is 5.82 Å². The Morgan fingerprint density at radius 1 is 0.900 bits per heavy atom. The van der Waals surface area contributed by atoms with Gasteiger partial charge in [0, 0.05) is 30.2 Å². The van der Waals surface area contributed by atoms with Gasteiger partial charge in [-0.2, -0.15) is 0 Å². The van der Waals surface area contributed by atoms with Gasteiger partial charge in [0.05, 0.1) is 24.6 Å². The highest BCUT2D eigenvalue weighted by atomic mass is 16.7. The summed E-state index contributed by atoms with van der Waals surface area (Å²) in [6, 6.07) is 19.6. The van der Waals surface area contributed by atoms with Crippen LogP contribution in [0.3, 0.4) is 0 Å². The zero-order chi connectivity index (χ0) is 27.7. The molecule has 0 radical (unpaired) electrons. The highest BCUT2D eigenvalue weighted by molar-refractivity contribution is 6.10. The maximum absolute atomic E-state index is 13.2. The molecule has 1 fully saturated rings. The minimum Gasteiger partial charge on any atom is -0.453 e. The number of aromatic nitrogens is 1. The topological polar surface area (TPSA) is 97.0 Å². The molecule has 206 valence electrons. The number of urea groups is 1. The molecule has 1 saturated heterocycles. The fraction of sp³-hybridized carbons (Fsp3) is 0.290. The quantitative estimate of drug-likeness (QED) is 0.277. The summed E-state index contributed by atoms with van der Waals surface area (Å²) in [5, 5.41) is 10.1. The molecular weight excluding hydrogens is 506 g/mol. The Labute approximate surface area is 233 Å². The molecule has 3 heterocycles. The minimum absolute atomic E-state index is 0.119. The third-order valence-corrected chi connectivity index (χ3v) is 7.12. The number of hydrogen-bond acceptors (Lipinski definition) is 7. The van der Waals surface area contributed by atoms with E-state index in [4.69, 9.17) is 14.2 Å². The lowest BCUT2D eigenvalue weighted by Gasteiger charge is -2.27. The molecule has 3 aromatic carbocycles. The fourth-order valence-electron chi connectivity index (χ4n) is 4.93. The van der Waals surface area contributed by atoms with Crippen LogP contribution in [0.2, 0.25) is 0 Å². The van der Waals surface area contributed by atoms with E-state index < -0.39 is 0 Å². The number of carbonyl (C=O) groups is 1. The molecule has 0 saturated carbocycles. The number of benzene rings is 3. The van der Waals surface area contributed by atoms with Gasteiger partial charge < -0.3 is 30.3 Å². The first-order valence-electron chi connectivity index (χ1n) is 13.4. The van der Waals surface area contributed by atoms with Crippen molar-refractivity contribution in [3.63, 3.8) is 0 Å². The molecule has 1 aromatic heterocycles. The van der Waals surface area contributed by atoms with Crippen molar-refractivity contribution in [1.29, 1.82) is 0 Å². The molecule has 9 heteroatoms. The molecule has 4 aromatic rings. The molecule has 2 aliphatic rings. The molecule has 2 amide bonds. The van der Waals surface area contributed by atoms with E-state index in [9.17, 15) is 4.79 Å². The van der Waals surface area contributed by atoms with Crippen molar-refractivity contribution in [2.45, 2.75) is 26.2 Å². The molecule has 0 unspecified atom stereocenters. The smallest absolute Gasteiger partial charge is 0.323 e. The summed E-state index contributed by atoms with van der Waals surface area (Å²) >= 11 is 0. The van der Waals surface area contributed by atoms with E-state index in [-0.39, 0.29) is 18.2 Å².